The van der Waals surface area contributed by atoms with Gasteiger partial charge in [-0.3, -0.25) is 4.79 Å². The highest BCUT2D eigenvalue weighted by molar-refractivity contribution is 8.13. The Morgan fingerprint density at radius 1 is 1.53 bits per heavy atom. The molecule has 0 aliphatic carbocycles. The summed E-state index contributed by atoms with van der Waals surface area (Å²) in [6, 6.07) is 8.21. The molecule has 1 aromatic carbocycles. The first-order valence-electron chi connectivity index (χ1n) is 4.72. The van der Waals surface area contributed by atoms with Crippen LogP contribution in [0.4, 0.5) is 0 Å². The molecule has 0 atom stereocenters. The second-order valence-electron chi connectivity index (χ2n) is 3.11. The highest BCUT2D eigenvalue weighted by atomic mass is 32.2. The Morgan fingerprint density at radius 2 is 2.33 bits per heavy atom. The maximum Gasteiger partial charge on any atom is 0.186 e. The van der Waals surface area contributed by atoms with Crippen molar-refractivity contribution in [2.45, 2.75) is 12.7 Å². The fourth-order valence-corrected chi connectivity index (χ4v) is 1.77. The van der Waals surface area contributed by atoms with E-state index < -0.39 is 0 Å². The minimum atomic E-state index is 0.156. The van der Waals surface area contributed by atoms with E-state index in [2.05, 4.69) is 24.8 Å². The first-order chi connectivity index (χ1) is 7.22. The maximum absolute atomic E-state index is 10.7. The molecular weight excluding hydrogens is 224 g/mol. The number of carbonyl (C=O) groups is 1. The van der Waals surface area contributed by atoms with Crippen LogP contribution in [-0.4, -0.2) is 10.9 Å². The summed E-state index contributed by atoms with van der Waals surface area (Å²) < 4.78 is 0. The van der Waals surface area contributed by atoms with E-state index in [4.69, 9.17) is 0 Å². The Balaban J connectivity index is 2.52. The number of benzene rings is 1. The summed E-state index contributed by atoms with van der Waals surface area (Å²) in [6.45, 7) is 1.58. The van der Waals surface area contributed by atoms with Gasteiger partial charge in [0.1, 0.15) is 0 Å². The van der Waals surface area contributed by atoms with Gasteiger partial charge in [0.05, 0.1) is 0 Å². The van der Waals surface area contributed by atoms with Gasteiger partial charge in [-0.05, 0) is 11.1 Å². The van der Waals surface area contributed by atoms with Crippen molar-refractivity contribution in [3.05, 3.63) is 41.5 Å². The number of thioether (sulfide) groups is 1. The van der Waals surface area contributed by atoms with Crippen molar-refractivity contribution in [1.29, 1.82) is 0 Å². The lowest BCUT2D eigenvalue weighted by Gasteiger charge is -1.97. The normalized spacial score (nSPS) is 10.8. The summed E-state index contributed by atoms with van der Waals surface area (Å²) in [5.41, 5.74) is 2.37. The quantitative estimate of drug-likeness (QED) is 0.810. The number of carbonyl (C=O) groups excluding carboxylic acids is 1. The highest BCUT2D eigenvalue weighted by Gasteiger charge is 1.92. The predicted octanol–water partition coefficient (Wildman–Crippen LogP) is 3.41. The van der Waals surface area contributed by atoms with Crippen molar-refractivity contribution in [3.63, 3.8) is 0 Å². The van der Waals surface area contributed by atoms with Crippen LogP contribution in [0.1, 0.15) is 18.1 Å². The number of rotatable bonds is 4. The van der Waals surface area contributed by atoms with Gasteiger partial charge in [0.25, 0.3) is 0 Å². The van der Waals surface area contributed by atoms with E-state index in [1.165, 1.54) is 17.3 Å². The molecule has 1 aromatic rings. The fourth-order valence-electron chi connectivity index (χ4n) is 1.14. The van der Waals surface area contributed by atoms with E-state index in [1.54, 1.807) is 6.92 Å². The predicted molar refractivity (Wildman–Crippen MR) is 71.3 cm³/mol. The van der Waals surface area contributed by atoms with E-state index in [0.717, 1.165) is 17.1 Å². The molecule has 0 fully saturated rings. The van der Waals surface area contributed by atoms with Crippen LogP contribution in [0.3, 0.4) is 0 Å². The molecule has 15 heavy (non-hydrogen) atoms. The van der Waals surface area contributed by atoms with Crippen molar-refractivity contribution >= 4 is 35.6 Å². The van der Waals surface area contributed by atoms with Crippen LogP contribution in [0.15, 0.2) is 30.3 Å². The van der Waals surface area contributed by atoms with Crippen LogP contribution in [-0.2, 0) is 10.5 Å². The van der Waals surface area contributed by atoms with Crippen LogP contribution < -0.4 is 0 Å². The average Bonchev–Trinajstić information content (AvgIpc) is 2.24. The second kappa shape index (κ2) is 6.75. The van der Waals surface area contributed by atoms with Gasteiger partial charge in [-0.2, -0.15) is 12.6 Å². The average molecular weight is 238 g/mol. The van der Waals surface area contributed by atoms with Gasteiger partial charge in [0.2, 0.25) is 0 Å². The fraction of sp³-hybridized carbons (Fsp3) is 0.250. The molecular formula is C12H14OS2. The van der Waals surface area contributed by atoms with Gasteiger partial charge < -0.3 is 0 Å². The van der Waals surface area contributed by atoms with Crippen LogP contribution >= 0.6 is 24.4 Å². The first kappa shape index (κ1) is 12.4. The Labute approximate surface area is 100 Å². The molecule has 0 saturated carbocycles. The minimum absolute atomic E-state index is 0.156. The smallest absolute Gasteiger partial charge is 0.186 e. The van der Waals surface area contributed by atoms with Crippen LogP contribution in [0.5, 0.6) is 0 Å². The molecule has 0 heterocycles. The van der Waals surface area contributed by atoms with E-state index in [-0.39, 0.29) is 5.12 Å². The van der Waals surface area contributed by atoms with Crippen LogP contribution in [0.25, 0.3) is 6.08 Å². The summed E-state index contributed by atoms with van der Waals surface area (Å²) in [5.74, 6) is 1.49. The number of thiol groups is 1. The summed E-state index contributed by atoms with van der Waals surface area (Å²) in [5, 5.41) is 0.156. The van der Waals surface area contributed by atoms with Crippen LogP contribution in [0, 0.1) is 0 Å². The lowest BCUT2D eigenvalue weighted by atomic mass is 10.1. The van der Waals surface area contributed by atoms with Crippen molar-refractivity contribution in [3.8, 4) is 0 Å². The van der Waals surface area contributed by atoms with Gasteiger partial charge in [-0.15, -0.1) is 0 Å². The minimum Gasteiger partial charge on any atom is -0.288 e. The first-order valence-corrected chi connectivity index (χ1v) is 6.34. The molecule has 1 nitrogen and oxygen atoms in total. The topological polar surface area (TPSA) is 17.1 Å². The summed E-state index contributed by atoms with van der Waals surface area (Å²) in [4.78, 5) is 10.7. The Hall–Kier alpha value is -0.670. The summed E-state index contributed by atoms with van der Waals surface area (Å²) in [7, 11) is 0. The molecule has 0 amide bonds. The maximum atomic E-state index is 10.7. The largest absolute Gasteiger partial charge is 0.288 e. The molecule has 0 aromatic heterocycles. The van der Waals surface area contributed by atoms with Crippen LogP contribution in [0.2, 0.25) is 0 Å². The standard InChI is InChI=1S/C12H14OS2/c1-10(13)15-7-3-6-11-4-2-5-12(8-11)9-14/h2-6,8,14H,7,9H2,1H3. The molecule has 0 aliphatic heterocycles. The molecule has 0 N–H and O–H groups in total. The SMILES string of the molecule is CC(=O)SCC=Cc1cccc(CS)c1. The zero-order valence-electron chi connectivity index (χ0n) is 8.64. The monoisotopic (exact) mass is 238 g/mol. The van der Waals surface area contributed by atoms with Gasteiger partial charge in [-0.1, -0.05) is 48.2 Å². The molecule has 0 aliphatic rings. The third kappa shape index (κ3) is 5.09. The zero-order valence-corrected chi connectivity index (χ0v) is 10.4. The Kier molecular flexibility index (Phi) is 5.58. The molecule has 0 bridgehead atoms. The van der Waals surface area contributed by atoms with Gasteiger partial charge in [-0.25, -0.2) is 0 Å². The van der Waals surface area contributed by atoms with Crippen molar-refractivity contribution in [2.75, 3.05) is 5.75 Å². The van der Waals surface area contributed by atoms with Gasteiger partial charge >= 0.3 is 0 Å². The lowest BCUT2D eigenvalue weighted by molar-refractivity contribution is -0.109. The zero-order chi connectivity index (χ0) is 11.1. The molecule has 0 spiro atoms. The third-order valence-electron chi connectivity index (χ3n) is 1.83. The van der Waals surface area contributed by atoms with Crippen molar-refractivity contribution in [1.82, 2.24) is 0 Å². The second-order valence-corrected chi connectivity index (χ2v) is 4.62. The highest BCUT2D eigenvalue weighted by Crippen LogP contribution is 2.10. The van der Waals surface area contributed by atoms with Crippen molar-refractivity contribution in [2.24, 2.45) is 0 Å². The van der Waals surface area contributed by atoms with E-state index in [9.17, 15) is 4.79 Å². The molecule has 0 radical (unpaired) electrons. The molecule has 80 valence electrons. The van der Waals surface area contributed by atoms with Gasteiger partial charge in [0.15, 0.2) is 5.12 Å². The van der Waals surface area contributed by atoms with E-state index in [0.29, 0.717) is 0 Å². The third-order valence-corrected chi connectivity index (χ3v) is 2.96. The molecule has 0 unspecified atom stereocenters. The Morgan fingerprint density at radius 3 is 3.00 bits per heavy atom. The molecule has 3 heteroatoms. The number of hydrogen-bond donors (Lipinski definition) is 1. The number of hydrogen-bond acceptors (Lipinski definition) is 3. The summed E-state index contributed by atoms with van der Waals surface area (Å²) >= 11 is 5.54. The Bertz CT molecular complexity index is 358. The summed E-state index contributed by atoms with van der Waals surface area (Å²) in [6.07, 6.45) is 4.03. The van der Waals surface area contributed by atoms with Crippen molar-refractivity contribution < 1.29 is 4.79 Å². The van der Waals surface area contributed by atoms with E-state index >= 15 is 0 Å². The molecule has 0 saturated heterocycles. The van der Waals surface area contributed by atoms with Gasteiger partial charge in [0, 0.05) is 18.4 Å². The molecule has 1 rings (SSSR count). The van der Waals surface area contributed by atoms with E-state index in [1.807, 2.05) is 24.3 Å². The lowest BCUT2D eigenvalue weighted by Crippen LogP contribution is -1.82.